The minimum absolute atomic E-state index is 0.0678. The monoisotopic (exact) mass is 523 g/mol. The van der Waals surface area contributed by atoms with Gasteiger partial charge in [-0.15, -0.1) is 0 Å². The van der Waals surface area contributed by atoms with Gasteiger partial charge in [0, 0.05) is 35.2 Å². The number of carboxylic acid groups (broad SMARTS) is 1. The maximum atomic E-state index is 13.2. The van der Waals surface area contributed by atoms with E-state index in [0.717, 1.165) is 38.9 Å². The van der Waals surface area contributed by atoms with Crippen molar-refractivity contribution >= 4 is 22.8 Å². The van der Waals surface area contributed by atoms with Crippen LogP contribution < -0.4 is 10.6 Å². The fourth-order valence-corrected chi connectivity index (χ4v) is 5.24. The van der Waals surface area contributed by atoms with Crippen LogP contribution in [0.4, 0.5) is 0 Å². The summed E-state index contributed by atoms with van der Waals surface area (Å²) in [4.78, 5) is 24.3. The number of aliphatic carboxylic acids is 1. The Balaban J connectivity index is 1.33. The molecule has 202 valence electrons. The minimum atomic E-state index is -0.860. The van der Waals surface area contributed by atoms with Crippen molar-refractivity contribution in [3.8, 4) is 0 Å². The number of carbonyl (C=O) groups is 2. The van der Waals surface area contributed by atoms with Crippen molar-refractivity contribution in [2.24, 2.45) is 0 Å². The van der Waals surface area contributed by atoms with Crippen LogP contribution in [0.25, 0.3) is 10.9 Å². The van der Waals surface area contributed by atoms with Crippen LogP contribution >= 0.6 is 0 Å². The van der Waals surface area contributed by atoms with E-state index in [-0.39, 0.29) is 11.9 Å². The molecule has 0 spiro atoms. The molecule has 1 fully saturated rings. The molecule has 1 aliphatic rings. The van der Waals surface area contributed by atoms with E-state index in [2.05, 4.69) is 65.4 Å². The van der Waals surface area contributed by atoms with Gasteiger partial charge in [0.1, 0.15) is 6.04 Å². The molecule has 3 aromatic carbocycles. The first kappa shape index (κ1) is 26.7. The number of hydrogen-bond donors (Lipinski definition) is 3. The van der Waals surface area contributed by atoms with Gasteiger partial charge >= 0.3 is 5.97 Å². The zero-order chi connectivity index (χ0) is 27.7. The number of hydrogen-bond acceptors (Lipinski definition) is 3. The molecule has 0 aliphatic heterocycles. The van der Waals surface area contributed by atoms with Crippen molar-refractivity contribution in [1.82, 2.24) is 15.2 Å². The number of amides is 1. The molecular weight excluding hydrogens is 486 g/mol. The minimum Gasteiger partial charge on any atom is -0.480 e. The van der Waals surface area contributed by atoms with Crippen LogP contribution in [0, 0.1) is 13.8 Å². The Morgan fingerprint density at radius 2 is 1.72 bits per heavy atom. The van der Waals surface area contributed by atoms with E-state index in [1.807, 2.05) is 37.3 Å². The first-order valence-corrected chi connectivity index (χ1v) is 13.8. The van der Waals surface area contributed by atoms with Crippen molar-refractivity contribution in [1.29, 1.82) is 0 Å². The second-order valence-corrected chi connectivity index (χ2v) is 10.9. The summed E-state index contributed by atoms with van der Waals surface area (Å²) < 4.78 is 2.28. The molecule has 2 atom stereocenters. The molecule has 2 unspecified atom stereocenters. The highest BCUT2D eigenvalue weighted by Gasteiger charge is 2.24. The lowest BCUT2D eigenvalue weighted by Crippen LogP contribution is -2.33. The maximum Gasteiger partial charge on any atom is 0.320 e. The van der Waals surface area contributed by atoms with Gasteiger partial charge in [0.05, 0.1) is 6.04 Å². The molecule has 4 aromatic rings. The van der Waals surface area contributed by atoms with Gasteiger partial charge in [-0.05, 0) is 92.5 Å². The van der Waals surface area contributed by atoms with Crippen LogP contribution in [0.5, 0.6) is 0 Å². The number of nitrogens with one attached hydrogen (secondary N) is 2. The summed E-state index contributed by atoms with van der Waals surface area (Å²) in [6.45, 7) is 9.09. The van der Waals surface area contributed by atoms with E-state index in [0.29, 0.717) is 24.6 Å². The Morgan fingerprint density at radius 1 is 0.974 bits per heavy atom. The van der Waals surface area contributed by atoms with E-state index in [4.69, 9.17) is 5.11 Å². The van der Waals surface area contributed by atoms with E-state index in [9.17, 15) is 9.59 Å². The summed E-state index contributed by atoms with van der Waals surface area (Å²) in [6.07, 6.45) is 2.52. The van der Waals surface area contributed by atoms with Gasteiger partial charge in [-0.1, -0.05) is 48.5 Å². The fourth-order valence-electron chi connectivity index (χ4n) is 5.24. The van der Waals surface area contributed by atoms with E-state index in [1.165, 1.54) is 18.4 Å². The lowest BCUT2D eigenvalue weighted by Gasteiger charge is -2.16. The van der Waals surface area contributed by atoms with Crippen molar-refractivity contribution in [3.63, 3.8) is 0 Å². The summed E-state index contributed by atoms with van der Waals surface area (Å²) in [5.74, 6) is -0.242. The van der Waals surface area contributed by atoms with Crippen molar-refractivity contribution in [2.45, 2.75) is 71.6 Å². The molecule has 1 saturated carbocycles. The first-order chi connectivity index (χ1) is 18.7. The van der Waals surface area contributed by atoms with Crippen LogP contribution in [0.1, 0.15) is 82.5 Å². The van der Waals surface area contributed by atoms with Gasteiger partial charge in [-0.3, -0.25) is 9.59 Å². The quantitative estimate of drug-likeness (QED) is 0.230. The van der Waals surface area contributed by atoms with Crippen LogP contribution in [0.15, 0.2) is 66.7 Å². The Labute approximate surface area is 230 Å². The standard InChI is InChI=1S/C33H37N3O3/c1-20-23(4)36(19-25-8-5-7-24(15-25)18-34-22(3)33(38)39)31-14-13-29(17-30(20)31)32(37)35-21(2)27-9-6-10-28(16-27)26-11-12-26/h5-10,13-17,21-22,26,34H,11-12,18-19H2,1-4H3,(H,35,37)(H,38,39). The third-order valence-electron chi connectivity index (χ3n) is 8.02. The molecule has 0 bridgehead atoms. The second-order valence-electron chi connectivity index (χ2n) is 10.9. The number of aromatic nitrogens is 1. The zero-order valence-electron chi connectivity index (χ0n) is 23.1. The molecule has 5 rings (SSSR count). The first-order valence-electron chi connectivity index (χ1n) is 13.8. The second kappa shape index (κ2) is 11.1. The Hall–Kier alpha value is -3.90. The van der Waals surface area contributed by atoms with Crippen molar-refractivity contribution in [2.75, 3.05) is 0 Å². The van der Waals surface area contributed by atoms with E-state index >= 15 is 0 Å². The SMILES string of the molecule is Cc1c(C)n(Cc2cccc(CNC(C)C(=O)O)c2)c2ccc(C(=O)NC(C)c3cccc(C4CC4)c3)cc12. The van der Waals surface area contributed by atoms with Crippen LogP contribution in [0.3, 0.4) is 0 Å². The number of fused-ring (bicyclic) bond motifs is 1. The third kappa shape index (κ3) is 5.91. The number of carbonyl (C=O) groups excluding carboxylic acids is 1. The third-order valence-corrected chi connectivity index (χ3v) is 8.02. The lowest BCUT2D eigenvalue weighted by molar-refractivity contribution is -0.139. The molecule has 1 aromatic heterocycles. The van der Waals surface area contributed by atoms with Gasteiger partial charge in [-0.2, -0.15) is 0 Å². The van der Waals surface area contributed by atoms with E-state index in [1.54, 1.807) is 6.92 Å². The molecule has 1 aliphatic carbocycles. The Morgan fingerprint density at radius 3 is 2.46 bits per heavy atom. The predicted molar refractivity (Wildman–Crippen MR) is 155 cm³/mol. The lowest BCUT2D eigenvalue weighted by atomic mass is 10.0. The number of rotatable bonds is 10. The summed E-state index contributed by atoms with van der Waals surface area (Å²) in [6, 6.07) is 22.1. The number of aryl methyl sites for hydroxylation is 1. The van der Waals surface area contributed by atoms with Gasteiger partial charge in [-0.25, -0.2) is 0 Å². The molecule has 1 heterocycles. The van der Waals surface area contributed by atoms with Crippen LogP contribution in [0.2, 0.25) is 0 Å². The van der Waals surface area contributed by atoms with E-state index < -0.39 is 12.0 Å². The highest BCUT2D eigenvalue weighted by molar-refractivity contribution is 5.99. The smallest absolute Gasteiger partial charge is 0.320 e. The van der Waals surface area contributed by atoms with Crippen LogP contribution in [-0.2, 0) is 17.9 Å². The summed E-state index contributed by atoms with van der Waals surface area (Å²) in [5.41, 5.74) is 8.78. The summed E-state index contributed by atoms with van der Waals surface area (Å²) in [7, 11) is 0. The normalized spacial score (nSPS) is 14.8. The highest BCUT2D eigenvalue weighted by Crippen LogP contribution is 2.40. The zero-order valence-corrected chi connectivity index (χ0v) is 23.1. The molecular formula is C33H37N3O3. The largest absolute Gasteiger partial charge is 0.480 e. The number of carboxylic acids is 1. The molecule has 39 heavy (non-hydrogen) atoms. The fraction of sp³-hybridized carbons (Fsp3) is 0.333. The number of benzene rings is 3. The average molecular weight is 524 g/mol. The summed E-state index contributed by atoms with van der Waals surface area (Å²) in [5, 5.41) is 16.4. The molecule has 6 heteroatoms. The van der Waals surface area contributed by atoms with Gasteiger partial charge in [0.15, 0.2) is 0 Å². The predicted octanol–water partition coefficient (Wildman–Crippen LogP) is 6.24. The van der Waals surface area contributed by atoms with Gasteiger partial charge in [0.2, 0.25) is 0 Å². The van der Waals surface area contributed by atoms with Gasteiger partial charge in [0.25, 0.3) is 5.91 Å². The topological polar surface area (TPSA) is 83.4 Å². The highest BCUT2D eigenvalue weighted by atomic mass is 16.4. The summed E-state index contributed by atoms with van der Waals surface area (Å²) >= 11 is 0. The molecule has 0 radical (unpaired) electrons. The van der Waals surface area contributed by atoms with Crippen molar-refractivity contribution < 1.29 is 14.7 Å². The average Bonchev–Trinajstić information content (AvgIpc) is 3.76. The van der Waals surface area contributed by atoms with Crippen LogP contribution in [-0.4, -0.2) is 27.6 Å². The maximum absolute atomic E-state index is 13.2. The molecule has 3 N–H and O–H groups in total. The Kier molecular flexibility index (Phi) is 7.58. The molecule has 0 saturated heterocycles. The molecule has 1 amide bonds. The van der Waals surface area contributed by atoms with Gasteiger partial charge < -0.3 is 20.3 Å². The number of nitrogens with zero attached hydrogens (tertiary/aromatic N) is 1. The Bertz CT molecular complexity index is 1530. The molecule has 6 nitrogen and oxygen atoms in total. The van der Waals surface area contributed by atoms with Crippen molar-refractivity contribution in [3.05, 3.63) is 106 Å².